The van der Waals surface area contributed by atoms with E-state index in [1.165, 1.54) is 24.4 Å². The van der Waals surface area contributed by atoms with Gasteiger partial charge in [-0.15, -0.1) is 0 Å². The highest BCUT2D eigenvalue weighted by Gasteiger charge is 2.05. The summed E-state index contributed by atoms with van der Waals surface area (Å²) in [6.45, 7) is 0. The lowest BCUT2D eigenvalue weighted by molar-refractivity contribution is 0.197. The second kappa shape index (κ2) is 3.64. The first-order valence-corrected chi connectivity index (χ1v) is 4.77. The quantitative estimate of drug-likeness (QED) is 0.425. The Bertz CT molecular complexity index is 592. The van der Waals surface area contributed by atoms with Crippen molar-refractivity contribution in [2.24, 2.45) is 5.16 Å². The average Bonchev–Trinajstić information content (AvgIpc) is 2.22. The Morgan fingerprint density at radius 1 is 1.20 bits per heavy atom. The lowest BCUT2D eigenvalue weighted by Crippen LogP contribution is -2.07. The summed E-state index contributed by atoms with van der Waals surface area (Å²) in [6, 6.07) is 4.47. The highest BCUT2D eigenvalue weighted by molar-refractivity contribution is 6.42. The largest absolute Gasteiger partial charge is 0.428 e. The zero-order valence-electron chi connectivity index (χ0n) is 7.35. The van der Waals surface area contributed by atoms with Crippen LogP contribution in [0.25, 0.3) is 10.9 Å². The van der Waals surface area contributed by atoms with E-state index >= 15 is 0 Å². The van der Waals surface area contributed by atoms with Crippen LogP contribution < -0.4 is 5.36 Å². The molecule has 0 atom stereocenters. The van der Waals surface area contributed by atoms with Gasteiger partial charge < -0.3 is 10.4 Å². The molecular weight excluding hydrogens is 239 g/mol. The van der Waals surface area contributed by atoms with Gasteiger partial charge in [-0.2, -0.15) is 4.73 Å². The molecule has 0 amide bonds. The van der Waals surface area contributed by atoms with Crippen LogP contribution in [0, 0.1) is 0 Å². The molecular formula is C9H6Cl2N2O2. The topological polar surface area (TPSA) is 57.8 Å². The molecule has 78 valence electrons. The van der Waals surface area contributed by atoms with Crippen LogP contribution in [-0.2, 0) is 0 Å². The van der Waals surface area contributed by atoms with Gasteiger partial charge in [-0.25, -0.2) is 0 Å². The minimum atomic E-state index is 0.314. The lowest BCUT2D eigenvalue weighted by atomic mass is 10.2. The molecule has 0 aliphatic rings. The van der Waals surface area contributed by atoms with Gasteiger partial charge in [0, 0.05) is 11.6 Å². The molecule has 1 aromatic heterocycles. The molecule has 0 fully saturated rings. The van der Waals surface area contributed by atoms with Gasteiger partial charge in [-0.3, -0.25) is 0 Å². The van der Waals surface area contributed by atoms with Crippen molar-refractivity contribution in [3.63, 3.8) is 0 Å². The molecule has 0 aliphatic heterocycles. The molecule has 2 rings (SSSR count). The summed E-state index contributed by atoms with van der Waals surface area (Å²) in [5, 5.41) is 22.8. The van der Waals surface area contributed by atoms with Gasteiger partial charge in [-0.1, -0.05) is 28.4 Å². The predicted molar refractivity (Wildman–Crippen MR) is 56.5 cm³/mol. The SMILES string of the molecule is O/N=c1\ccn(O)c2cc(Cl)c(Cl)cc12. The third-order valence-corrected chi connectivity index (χ3v) is 2.76. The van der Waals surface area contributed by atoms with Crippen LogP contribution >= 0.6 is 23.2 Å². The summed E-state index contributed by atoms with van der Waals surface area (Å²) < 4.78 is 0.881. The molecule has 6 heteroatoms. The zero-order chi connectivity index (χ0) is 11.0. The second-order valence-electron chi connectivity index (χ2n) is 2.93. The Morgan fingerprint density at radius 2 is 1.87 bits per heavy atom. The number of benzene rings is 1. The van der Waals surface area contributed by atoms with Crippen molar-refractivity contribution in [1.82, 2.24) is 4.73 Å². The van der Waals surface area contributed by atoms with Gasteiger partial charge in [0.25, 0.3) is 0 Å². The molecule has 4 nitrogen and oxygen atoms in total. The Balaban J connectivity index is 3.02. The van der Waals surface area contributed by atoms with Crippen LogP contribution in [0.2, 0.25) is 10.0 Å². The summed E-state index contributed by atoms with van der Waals surface area (Å²) >= 11 is 11.6. The van der Waals surface area contributed by atoms with Gasteiger partial charge in [-0.05, 0) is 18.2 Å². The van der Waals surface area contributed by atoms with E-state index in [4.69, 9.17) is 28.4 Å². The van der Waals surface area contributed by atoms with E-state index in [1.54, 1.807) is 0 Å². The second-order valence-corrected chi connectivity index (χ2v) is 3.74. The van der Waals surface area contributed by atoms with E-state index in [-0.39, 0.29) is 0 Å². The number of aromatic nitrogens is 1. The molecule has 0 radical (unpaired) electrons. The fourth-order valence-electron chi connectivity index (χ4n) is 1.33. The number of halogens is 2. The van der Waals surface area contributed by atoms with Crippen LogP contribution in [0.3, 0.4) is 0 Å². The van der Waals surface area contributed by atoms with Crippen molar-refractivity contribution < 1.29 is 10.4 Å². The van der Waals surface area contributed by atoms with E-state index in [0.29, 0.717) is 26.3 Å². The Kier molecular flexibility index (Phi) is 2.46. The highest BCUT2D eigenvalue weighted by atomic mass is 35.5. The molecule has 0 saturated heterocycles. The van der Waals surface area contributed by atoms with E-state index in [9.17, 15) is 5.21 Å². The Morgan fingerprint density at radius 3 is 2.53 bits per heavy atom. The Labute approximate surface area is 94.5 Å². The molecule has 1 aromatic carbocycles. The molecule has 2 N–H and O–H groups in total. The Hall–Kier alpha value is -1.39. The highest BCUT2D eigenvalue weighted by Crippen LogP contribution is 2.25. The first-order chi connectivity index (χ1) is 7.13. The molecule has 15 heavy (non-hydrogen) atoms. The van der Waals surface area contributed by atoms with Crippen molar-refractivity contribution in [2.45, 2.75) is 0 Å². The van der Waals surface area contributed by atoms with Crippen LogP contribution in [0.15, 0.2) is 29.6 Å². The lowest BCUT2D eigenvalue weighted by Gasteiger charge is -2.05. The number of pyridine rings is 1. The number of fused-ring (bicyclic) bond motifs is 1. The fourth-order valence-corrected chi connectivity index (χ4v) is 1.65. The van der Waals surface area contributed by atoms with E-state index in [0.717, 1.165) is 4.73 Å². The molecule has 0 bridgehead atoms. The summed E-state index contributed by atoms with van der Waals surface area (Å²) in [6.07, 6.45) is 1.35. The van der Waals surface area contributed by atoms with E-state index in [1.807, 2.05) is 0 Å². The third kappa shape index (κ3) is 1.62. The normalized spacial score (nSPS) is 12.3. The van der Waals surface area contributed by atoms with Gasteiger partial charge in [0.2, 0.25) is 0 Å². The van der Waals surface area contributed by atoms with Crippen molar-refractivity contribution in [1.29, 1.82) is 0 Å². The van der Waals surface area contributed by atoms with Crippen molar-refractivity contribution >= 4 is 34.1 Å². The van der Waals surface area contributed by atoms with Crippen LogP contribution in [0.4, 0.5) is 0 Å². The average molecular weight is 245 g/mol. The number of hydrogen-bond donors (Lipinski definition) is 2. The molecule has 0 spiro atoms. The summed E-state index contributed by atoms with van der Waals surface area (Å²) in [7, 11) is 0. The van der Waals surface area contributed by atoms with Gasteiger partial charge in [0.05, 0.1) is 15.6 Å². The third-order valence-electron chi connectivity index (χ3n) is 2.04. The minimum Gasteiger partial charge on any atom is -0.428 e. The maximum absolute atomic E-state index is 9.50. The fraction of sp³-hybridized carbons (Fsp3) is 0. The van der Waals surface area contributed by atoms with Crippen molar-refractivity contribution in [3.05, 3.63) is 39.8 Å². The number of rotatable bonds is 0. The van der Waals surface area contributed by atoms with Gasteiger partial charge in [0.1, 0.15) is 5.36 Å². The molecule has 0 aliphatic carbocycles. The molecule has 0 unspecified atom stereocenters. The zero-order valence-corrected chi connectivity index (χ0v) is 8.87. The monoisotopic (exact) mass is 244 g/mol. The summed E-state index contributed by atoms with van der Waals surface area (Å²) in [5.41, 5.74) is 0.416. The number of hydrogen-bond acceptors (Lipinski definition) is 3. The summed E-state index contributed by atoms with van der Waals surface area (Å²) in [4.78, 5) is 0. The molecule has 0 saturated carbocycles. The first-order valence-electron chi connectivity index (χ1n) is 4.01. The number of nitrogens with zero attached hydrogens (tertiary/aromatic N) is 2. The van der Waals surface area contributed by atoms with Gasteiger partial charge >= 0.3 is 0 Å². The predicted octanol–water partition coefficient (Wildman–Crippen LogP) is 2.48. The summed E-state index contributed by atoms with van der Waals surface area (Å²) in [5.74, 6) is 0. The molecule has 2 aromatic rings. The van der Waals surface area contributed by atoms with Gasteiger partial charge in [0.15, 0.2) is 0 Å². The maximum atomic E-state index is 9.50. The van der Waals surface area contributed by atoms with E-state index in [2.05, 4.69) is 5.16 Å². The van der Waals surface area contributed by atoms with Crippen LogP contribution in [0.5, 0.6) is 0 Å². The first kappa shape index (κ1) is 10.1. The van der Waals surface area contributed by atoms with Crippen LogP contribution in [-0.4, -0.2) is 15.1 Å². The molecule has 1 heterocycles. The van der Waals surface area contributed by atoms with Crippen molar-refractivity contribution in [2.75, 3.05) is 0 Å². The van der Waals surface area contributed by atoms with Crippen molar-refractivity contribution in [3.8, 4) is 0 Å². The van der Waals surface area contributed by atoms with Crippen LogP contribution in [0.1, 0.15) is 0 Å². The maximum Gasteiger partial charge on any atom is 0.113 e. The standard InChI is InChI=1S/C9H6Cl2N2O2/c10-6-3-5-8(12-14)1-2-13(15)9(5)4-7(6)11/h1-4,14-15H/b12-8+. The smallest absolute Gasteiger partial charge is 0.113 e. The van der Waals surface area contributed by atoms with E-state index < -0.39 is 0 Å². The minimum absolute atomic E-state index is 0.314.